The van der Waals surface area contributed by atoms with Crippen LogP contribution in [0.25, 0.3) is 10.1 Å². The molecule has 0 unspecified atom stereocenters. The Labute approximate surface area is 123 Å². The fourth-order valence-electron chi connectivity index (χ4n) is 1.80. The van der Waals surface area contributed by atoms with Gasteiger partial charge in [0.05, 0.1) is 10.8 Å². The fourth-order valence-corrected chi connectivity index (χ4v) is 2.86. The van der Waals surface area contributed by atoms with Gasteiger partial charge < -0.3 is 19.4 Å². The smallest absolute Gasteiger partial charge is 0.544 e. The van der Waals surface area contributed by atoms with Crippen LogP contribution < -0.4 is 44.1 Å². The van der Waals surface area contributed by atoms with Crippen LogP contribution in [0.2, 0.25) is 0 Å². The van der Waals surface area contributed by atoms with Crippen LogP contribution in [0.4, 0.5) is 0 Å². The molecule has 4 nitrogen and oxygen atoms in total. The predicted molar refractivity (Wildman–Crippen MR) is 57.0 cm³/mol. The molecule has 1 aromatic carbocycles. The molecule has 2 aromatic rings. The van der Waals surface area contributed by atoms with Crippen molar-refractivity contribution in [3.8, 4) is 11.5 Å². The van der Waals surface area contributed by atoms with E-state index < -0.39 is 5.97 Å². The molecule has 0 amide bonds. The first kappa shape index (κ1) is 12.7. The zero-order chi connectivity index (χ0) is 11.3. The van der Waals surface area contributed by atoms with Gasteiger partial charge in [-0.05, 0) is 23.9 Å². The number of aromatic carboxylic acids is 1. The number of carboxylic acids is 1. The Morgan fingerprint density at radius 2 is 2.00 bits per heavy atom. The Kier molecular flexibility index (Phi) is 3.36. The van der Waals surface area contributed by atoms with Crippen molar-refractivity contribution >= 4 is 27.4 Å². The summed E-state index contributed by atoms with van der Waals surface area (Å²) in [5.41, 5.74) is 0.721. The molecule has 82 valence electrons. The first-order chi connectivity index (χ1) is 7.66. The standard InChI is InChI=1S/C11H8O4S.Na/c1-5-6-2-7-8(15-4-14-7)3-9(6)16-10(5)11(12)13;/h2-3H,4H2,1H3,(H,12,13);/q;+1/p-1. The zero-order valence-electron chi connectivity index (χ0n) is 9.40. The number of carbonyl (C=O) groups excluding carboxylic acids is 1. The second-order valence-corrected chi connectivity index (χ2v) is 4.60. The van der Waals surface area contributed by atoms with Gasteiger partial charge >= 0.3 is 29.6 Å². The van der Waals surface area contributed by atoms with Gasteiger partial charge in [-0.25, -0.2) is 0 Å². The van der Waals surface area contributed by atoms with E-state index in [0.717, 1.165) is 15.6 Å². The predicted octanol–water partition coefficient (Wildman–Crippen LogP) is -1.69. The second-order valence-electron chi connectivity index (χ2n) is 3.55. The number of rotatable bonds is 1. The first-order valence-corrected chi connectivity index (χ1v) is 5.52. The number of benzene rings is 1. The van der Waals surface area contributed by atoms with Gasteiger partial charge in [-0.1, -0.05) is 0 Å². The van der Waals surface area contributed by atoms with Crippen LogP contribution in [0.1, 0.15) is 15.2 Å². The molecule has 0 aliphatic carbocycles. The molecule has 1 aliphatic heterocycles. The first-order valence-electron chi connectivity index (χ1n) is 4.71. The van der Waals surface area contributed by atoms with Crippen molar-refractivity contribution in [2.45, 2.75) is 6.92 Å². The van der Waals surface area contributed by atoms with E-state index >= 15 is 0 Å². The van der Waals surface area contributed by atoms with Gasteiger partial charge in [-0.15, -0.1) is 11.3 Å². The topological polar surface area (TPSA) is 58.6 Å². The summed E-state index contributed by atoms with van der Waals surface area (Å²) >= 11 is 1.20. The van der Waals surface area contributed by atoms with Crippen LogP contribution in [-0.4, -0.2) is 12.8 Å². The minimum absolute atomic E-state index is 0. The number of aryl methyl sites for hydroxylation is 1. The molecule has 0 saturated heterocycles. The number of carboxylic acid groups (broad SMARTS) is 1. The van der Waals surface area contributed by atoms with E-state index in [-0.39, 0.29) is 41.2 Å². The number of carbonyl (C=O) groups is 1. The fraction of sp³-hybridized carbons (Fsp3) is 0.182. The molecular formula is C11H7NaO4S. The average molecular weight is 258 g/mol. The van der Waals surface area contributed by atoms with Gasteiger partial charge in [0.2, 0.25) is 6.79 Å². The van der Waals surface area contributed by atoms with Crippen LogP contribution in [0.15, 0.2) is 12.1 Å². The van der Waals surface area contributed by atoms with Crippen molar-refractivity contribution in [2.24, 2.45) is 0 Å². The molecular weight excluding hydrogens is 251 g/mol. The van der Waals surface area contributed by atoms with Gasteiger partial charge in [0.25, 0.3) is 0 Å². The van der Waals surface area contributed by atoms with Gasteiger partial charge in [-0.2, -0.15) is 0 Å². The number of fused-ring (bicyclic) bond motifs is 2. The number of hydrogen-bond donors (Lipinski definition) is 0. The third-order valence-corrected chi connectivity index (χ3v) is 3.85. The molecule has 3 rings (SSSR count). The third kappa shape index (κ3) is 1.93. The Morgan fingerprint density at radius 3 is 2.65 bits per heavy atom. The SMILES string of the molecule is Cc1c(C(=O)[O-])sc2cc3c(cc12)OCO3.[Na+]. The molecule has 17 heavy (non-hydrogen) atoms. The normalized spacial score (nSPS) is 12.5. The Balaban J connectivity index is 0.00000108. The number of hydrogen-bond acceptors (Lipinski definition) is 5. The van der Waals surface area contributed by atoms with E-state index in [0.29, 0.717) is 11.5 Å². The monoisotopic (exact) mass is 258 g/mol. The molecule has 0 radical (unpaired) electrons. The van der Waals surface area contributed by atoms with Crippen LogP contribution in [0, 0.1) is 6.92 Å². The summed E-state index contributed by atoms with van der Waals surface area (Å²) in [4.78, 5) is 11.1. The van der Waals surface area contributed by atoms with Crippen molar-refractivity contribution in [3.05, 3.63) is 22.6 Å². The molecule has 0 N–H and O–H groups in total. The summed E-state index contributed by atoms with van der Waals surface area (Å²) in [5, 5.41) is 11.8. The maximum atomic E-state index is 10.9. The van der Waals surface area contributed by atoms with E-state index in [1.165, 1.54) is 11.3 Å². The molecule has 0 atom stereocenters. The van der Waals surface area contributed by atoms with E-state index in [2.05, 4.69) is 0 Å². The maximum Gasteiger partial charge on any atom is 1.00 e. The maximum absolute atomic E-state index is 10.9. The van der Waals surface area contributed by atoms with Gasteiger partial charge in [0.1, 0.15) is 0 Å². The number of thiophene rings is 1. The average Bonchev–Trinajstić information content (AvgIpc) is 2.80. The summed E-state index contributed by atoms with van der Waals surface area (Å²) in [6.07, 6.45) is 0. The van der Waals surface area contributed by atoms with Crippen molar-refractivity contribution < 1.29 is 48.9 Å². The third-order valence-electron chi connectivity index (χ3n) is 2.62. The van der Waals surface area contributed by atoms with Gasteiger partial charge in [-0.3, -0.25) is 0 Å². The van der Waals surface area contributed by atoms with Gasteiger partial charge in [0, 0.05) is 10.8 Å². The summed E-state index contributed by atoms with van der Waals surface area (Å²) in [7, 11) is 0. The Hall–Kier alpha value is -0.750. The largest absolute Gasteiger partial charge is 1.00 e. The van der Waals surface area contributed by atoms with Crippen molar-refractivity contribution in [3.63, 3.8) is 0 Å². The Bertz CT molecular complexity index is 605. The molecule has 0 spiro atoms. The summed E-state index contributed by atoms with van der Waals surface area (Å²) in [6.45, 7) is 1.99. The summed E-state index contributed by atoms with van der Waals surface area (Å²) < 4.78 is 11.4. The molecule has 0 bridgehead atoms. The minimum Gasteiger partial charge on any atom is -0.544 e. The van der Waals surface area contributed by atoms with Crippen molar-refractivity contribution in [1.82, 2.24) is 0 Å². The second kappa shape index (κ2) is 4.49. The minimum atomic E-state index is -1.14. The van der Waals surface area contributed by atoms with Crippen LogP contribution in [-0.2, 0) is 0 Å². The Morgan fingerprint density at radius 1 is 1.35 bits per heavy atom. The van der Waals surface area contributed by atoms with Crippen molar-refractivity contribution in [2.75, 3.05) is 6.79 Å². The van der Waals surface area contributed by atoms with Crippen molar-refractivity contribution in [1.29, 1.82) is 0 Å². The van der Waals surface area contributed by atoms with Crippen LogP contribution >= 0.6 is 11.3 Å². The molecule has 0 saturated carbocycles. The summed E-state index contributed by atoms with van der Waals surface area (Å²) in [5.74, 6) is 0.192. The number of ether oxygens (including phenoxy) is 2. The van der Waals surface area contributed by atoms with E-state index in [9.17, 15) is 9.90 Å². The molecule has 6 heteroatoms. The molecule has 0 fully saturated rings. The van der Waals surface area contributed by atoms with E-state index in [4.69, 9.17) is 9.47 Å². The van der Waals surface area contributed by atoms with Gasteiger partial charge in [0.15, 0.2) is 11.5 Å². The van der Waals surface area contributed by atoms with Crippen LogP contribution in [0.5, 0.6) is 11.5 Å². The van der Waals surface area contributed by atoms with E-state index in [1.807, 2.05) is 12.1 Å². The van der Waals surface area contributed by atoms with Crippen LogP contribution in [0.3, 0.4) is 0 Å². The quantitative estimate of drug-likeness (QED) is 0.572. The summed E-state index contributed by atoms with van der Waals surface area (Å²) in [6, 6.07) is 3.62. The molecule has 1 aliphatic rings. The molecule has 2 heterocycles. The molecule has 1 aromatic heterocycles. The van der Waals surface area contributed by atoms with E-state index in [1.54, 1.807) is 6.92 Å². The zero-order valence-corrected chi connectivity index (χ0v) is 12.2.